The van der Waals surface area contributed by atoms with Crippen molar-refractivity contribution >= 4 is 27.1 Å². The molecule has 0 bridgehead atoms. The molecule has 31 heavy (non-hydrogen) atoms. The summed E-state index contributed by atoms with van der Waals surface area (Å²) in [6, 6.07) is 9.13. The van der Waals surface area contributed by atoms with Gasteiger partial charge in [-0.3, -0.25) is 9.78 Å². The zero-order valence-electron chi connectivity index (χ0n) is 17.6. The standard InChI is InChI=1S/C23H25N3O3S2/c1-16-5-6-17(2)20(13-16)31(28,29)23(9-3-4-10-23)22(27)25-14-21-26-19(15-30-21)18-7-11-24-12-8-18/h5-8,11-13,15H,3-4,9-10,14H2,1-2H3,(H,25,27). The van der Waals surface area contributed by atoms with E-state index in [0.717, 1.165) is 34.7 Å². The number of aryl methyl sites for hydroxylation is 2. The second-order valence-electron chi connectivity index (χ2n) is 8.02. The maximum atomic E-state index is 13.7. The molecule has 1 N–H and O–H groups in total. The van der Waals surface area contributed by atoms with Crippen molar-refractivity contribution in [2.75, 3.05) is 0 Å². The Labute approximate surface area is 186 Å². The van der Waals surface area contributed by atoms with Crippen LogP contribution in [0.2, 0.25) is 0 Å². The van der Waals surface area contributed by atoms with E-state index in [1.165, 1.54) is 11.3 Å². The van der Waals surface area contributed by atoms with Crippen LogP contribution in [0, 0.1) is 13.8 Å². The summed E-state index contributed by atoms with van der Waals surface area (Å²) in [4.78, 5) is 22.2. The molecule has 0 atom stereocenters. The number of carbonyl (C=O) groups is 1. The molecule has 8 heteroatoms. The van der Waals surface area contributed by atoms with Gasteiger partial charge in [0.1, 0.15) is 5.01 Å². The number of pyridine rings is 1. The van der Waals surface area contributed by atoms with Gasteiger partial charge < -0.3 is 5.32 Å². The lowest BCUT2D eigenvalue weighted by molar-refractivity contribution is -0.123. The molecule has 162 valence electrons. The van der Waals surface area contributed by atoms with Crippen LogP contribution >= 0.6 is 11.3 Å². The van der Waals surface area contributed by atoms with Crippen LogP contribution in [0.15, 0.2) is 53.0 Å². The molecule has 1 aliphatic rings. The van der Waals surface area contributed by atoms with Crippen molar-refractivity contribution in [1.29, 1.82) is 0 Å². The second kappa shape index (κ2) is 8.51. The van der Waals surface area contributed by atoms with Crippen LogP contribution in [0.25, 0.3) is 11.3 Å². The summed E-state index contributed by atoms with van der Waals surface area (Å²) in [6.45, 7) is 3.85. The van der Waals surface area contributed by atoms with Crippen molar-refractivity contribution in [2.45, 2.75) is 55.7 Å². The summed E-state index contributed by atoms with van der Waals surface area (Å²) in [5.41, 5.74) is 3.31. The largest absolute Gasteiger partial charge is 0.348 e. The first-order chi connectivity index (χ1) is 14.8. The van der Waals surface area contributed by atoms with Gasteiger partial charge in [-0.1, -0.05) is 25.0 Å². The van der Waals surface area contributed by atoms with Gasteiger partial charge in [0.15, 0.2) is 14.6 Å². The van der Waals surface area contributed by atoms with Crippen LogP contribution in [0.3, 0.4) is 0 Å². The maximum absolute atomic E-state index is 13.7. The molecule has 1 aliphatic carbocycles. The summed E-state index contributed by atoms with van der Waals surface area (Å²) in [5, 5.41) is 5.53. The van der Waals surface area contributed by atoms with E-state index >= 15 is 0 Å². The fraction of sp³-hybridized carbons (Fsp3) is 0.348. The number of aromatic nitrogens is 2. The summed E-state index contributed by atoms with van der Waals surface area (Å²) in [6.07, 6.45) is 5.54. The van der Waals surface area contributed by atoms with E-state index in [4.69, 9.17) is 0 Å². The topological polar surface area (TPSA) is 89.0 Å². The molecule has 0 aliphatic heterocycles. The fourth-order valence-electron chi connectivity index (χ4n) is 4.14. The first-order valence-electron chi connectivity index (χ1n) is 10.3. The molecule has 0 saturated heterocycles. The van der Waals surface area contributed by atoms with Crippen LogP contribution in [-0.2, 0) is 21.2 Å². The minimum absolute atomic E-state index is 0.207. The summed E-state index contributed by atoms with van der Waals surface area (Å²) in [5.74, 6) is -0.424. The van der Waals surface area contributed by atoms with Crippen LogP contribution < -0.4 is 5.32 Å². The van der Waals surface area contributed by atoms with Gasteiger partial charge in [0, 0.05) is 23.3 Å². The lowest BCUT2D eigenvalue weighted by Gasteiger charge is -2.28. The van der Waals surface area contributed by atoms with E-state index in [9.17, 15) is 13.2 Å². The van der Waals surface area contributed by atoms with Gasteiger partial charge in [-0.05, 0) is 56.0 Å². The monoisotopic (exact) mass is 455 g/mol. The molecule has 0 spiro atoms. The quantitative estimate of drug-likeness (QED) is 0.601. The van der Waals surface area contributed by atoms with Crippen molar-refractivity contribution in [3.63, 3.8) is 0 Å². The molecule has 1 aromatic carbocycles. The molecule has 0 unspecified atom stereocenters. The zero-order chi connectivity index (χ0) is 22.1. The van der Waals surface area contributed by atoms with E-state index in [-0.39, 0.29) is 11.4 Å². The Morgan fingerprint density at radius 3 is 2.55 bits per heavy atom. The number of sulfone groups is 1. The highest BCUT2D eigenvalue weighted by molar-refractivity contribution is 7.93. The normalized spacial score (nSPS) is 15.7. The molecule has 1 amide bonds. The highest BCUT2D eigenvalue weighted by atomic mass is 32.2. The van der Waals surface area contributed by atoms with Crippen molar-refractivity contribution in [3.8, 4) is 11.3 Å². The number of hydrogen-bond acceptors (Lipinski definition) is 6. The van der Waals surface area contributed by atoms with Crippen molar-refractivity contribution in [3.05, 3.63) is 64.2 Å². The first kappa shape index (κ1) is 21.6. The zero-order valence-corrected chi connectivity index (χ0v) is 19.2. The van der Waals surface area contributed by atoms with E-state index in [1.54, 1.807) is 31.5 Å². The van der Waals surface area contributed by atoms with Crippen LogP contribution in [-0.4, -0.2) is 29.0 Å². The predicted molar refractivity (Wildman–Crippen MR) is 121 cm³/mol. The smallest absolute Gasteiger partial charge is 0.242 e. The molecule has 1 saturated carbocycles. The number of benzene rings is 1. The lowest BCUT2D eigenvalue weighted by atomic mass is 10.1. The number of carbonyl (C=O) groups excluding carboxylic acids is 1. The number of thiazole rings is 1. The third-order valence-corrected chi connectivity index (χ3v) is 9.39. The summed E-state index contributed by atoms with van der Waals surface area (Å²) >= 11 is 1.44. The van der Waals surface area contributed by atoms with Gasteiger partial charge in [0.05, 0.1) is 17.1 Å². The average molecular weight is 456 g/mol. The molecule has 2 aromatic heterocycles. The van der Waals surface area contributed by atoms with E-state index < -0.39 is 20.5 Å². The molecule has 4 rings (SSSR count). The van der Waals surface area contributed by atoms with Crippen molar-refractivity contribution in [2.24, 2.45) is 0 Å². The van der Waals surface area contributed by atoms with Crippen LogP contribution in [0.5, 0.6) is 0 Å². The van der Waals surface area contributed by atoms with Crippen LogP contribution in [0.1, 0.15) is 41.8 Å². The lowest BCUT2D eigenvalue weighted by Crippen LogP contribution is -2.50. The third kappa shape index (κ3) is 4.02. The summed E-state index contributed by atoms with van der Waals surface area (Å²) in [7, 11) is -3.83. The number of rotatable bonds is 6. The Hall–Kier alpha value is -2.58. The Balaban J connectivity index is 1.57. The molecule has 6 nitrogen and oxygen atoms in total. The molecular weight excluding hydrogens is 430 g/mol. The van der Waals surface area contributed by atoms with Gasteiger partial charge in [-0.25, -0.2) is 13.4 Å². The molecular formula is C23H25N3O3S2. The first-order valence-corrected chi connectivity index (χ1v) is 12.6. The average Bonchev–Trinajstić information content (AvgIpc) is 3.45. The number of amides is 1. The number of nitrogens with zero attached hydrogens (tertiary/aromatic N) is 2. The predicted octanol–water partition coefficient (Wildman–Crippen LogP) is 4.22. The number of nitrogens with one attached hydrogen (secondary N) is 1. The maximum Gasteiger partial charge on any atom is 0.242 e. The summed E-state index contributed by atoms with van der Waals surface area (Å²) < 4.78 is 26.0. The van der Waals surface area contributed by atoms with Gasteiger partial charge >= 0.3 is 0 Å². The Morgan fingerprint density at radius 1 is 1.13 bits per heavy atom. The second-order valence-corrected chi connectivity index (χ2v) is 11.2. The highest BCUT2D eigenvalue weighted by Gasteiger charge is 2.53. The number of hydrogen-bond donors (Lipinski definition) is 1. The van der Waals surface area contributed by atoms with Crippen molar-refractivity contribution in [1.82, 2.24) is 15.3 Å². The highest BCUT2D eigenvalue weighted by Crippen LogP contribution is 2.42. The molecule has 2 heterocycles. The fourth-order valence-corrected chi connectivity index (χ4v) is 7.27. The van der Waals surface area contributed by atoms with Gasteiger partial charge in [-0.2, -0.15) is 0 Å². The molecule has 3 aromatic rings. The minimum Gasteiger partial charge on any atom is -0.348 e. The van der Waals surface area contributed by atoms with E-state index in [2.05, 4.69) is 15.3 Å². The molecule has 0 radical (unpaired) electrons. The molecule has 1 fully saturated rings. The van der Waals surface area contributed by atoms with Crippen molar-refractivity contribution < 1.29 is 13.2 Å². The Morgan fingerprint density at radius 2 is 1.84 bits per heavy atom. The SMILES string of the molecule is Cc1ccc(C)c(S(=O)(=O)C2(C(=O)NCc3nc(-c4ccncc4)cs3)CCCC2)c1. The van der Waals surface area contributed by atoms with Gasteiger partial charge in [-0.15, -0.1) is 11.3 Å². The Kier molecular flexibility index (Phi) is 5.94. The Bertz CT molecular complexity index is 1200. The van der Waals surface area contributed by atoms with E-state index in [1.807, 2.05) is 30.5 Å². The van der Waals surface area contributed by atoms with E-state index in [0.29, 0.717) is 18.4 Å². The van der Waals surface area contributed by atoms with Gasteiger partial charge in [0.2, 0.25) is 5.91 Å². The van der Waals surface area contributed by atoms with Crippen LogP contribution in [0.4, 0.5) is 0 Å². The minimum atomic E-state index is -3.83. The van der Waals surface area contributed by atoms with Gasteiger partial charge in [0.25, 0.3) is 0 Å². The third-order valence-electron chi connectivity index (χ3n) is 5.90.